The Bertz CT molecular complexity index is 740. The van der Waals surface area contributed by atoms with Crippen molar-refractivity contribution in [3.8, 4) is 0 Å². The van der Waals surface area contributed by atoms with Gasteiger partial charge in [-0.25, -0.2) is 5.01 Å². The Morgan fingerprint density at radius 1 is 1.28 bits per heavy atom. The topological polar surface area (TPSA) is 69.2 Å². The number of hydrogen-bond donors (Lipinski definition) is 2. The predicted molar refractivity (Wildman–Crippen MR) is 106 cm³/mol. The van der Waals surface area contributed by atoms with Crippen LogP contribution in [-0.2, 0) is 6.42 Å². The van der Waals surface area contributed by atoms with E-state index in [1.807, 2.05) is 39.8 Å². The van der Waals surface area contributed by atoms with Gasteiger partial charge in [0.05, 0.1) is 18.2 Å². The maximum atomic E-state index is 6.24. The van der Waals surface area contributed by atoms with Gasteiger partial charge in [0, 0.05) is 12.6 Å². The number of hydrazine groups is 1. The normalized spacial score (nSPS) is 15.8. The predicted octanol–water partition coefficient (Wildman–Crippen LogP) is 2.73. The third kappa shape index (κ3) is 4.82. The van der Waals surface area contributed by atoms with E-state index in [9.17, 15) is 0 Å². The third-order valence-electron chi connectivity index (χ3n) is 3.66. The summed E-state index contributed by atoms with van der Waals surface area (Å²) >= 11 is 1.65. The number of nitrogens with zero attached hydrogens (tertiary/aromatic N) is 4. The lowest BCUT2D eigenvalue weighted by atomic mass is 10.2. The Labute approximate surface area is 152 Å². The SMILES string of the molecule is Cc1cccc(N(/C(N)=N/N=C/Cc2ccccc2)N2CNCS2)c1. The molecule has 0 aliphatic carbocycles. The first-order valence-corrected chi connectivity index (χ1v) is 9.05. The number of hydrogen-bond acceptors (Lipinski definition) is 5. The molecule has 0 radical (unpaired) electrons. The van der Waals surface area contributed by atoms with Gasteiger partial charge in [0.25, 0.3) is 0 Å². The molecule has 0 amide bonds. The van der Waals surface area contributed by atoms with Crippen LogP contribution in [0.4, 0.5) is 5.69 Å². The summed E-state index contributed by atoms with van der Waals surface area (Å²) in [7, 11) is 0. The second kappa shape index (κ2) is 8.66. The highest BCUT2D eigenvalue weighted by Crippen LogP contribution is 2.24. The van der Waals surface area contributed by atoms with Crippen LogP contribution in [0, 0.1) is 6.92 Å². The van der Waals surface area contributed by atoms with E-state index in [1.54, 1.807) is 18.2 Å². The average molecular weight is 354 g/mol. The van der Waals surface area contributed by atoms with E-state index in [0.29, 0.717) is 12.6 Å². The van der Waals surface area contributed by atoms with E-state index in [-0.39, 0.29) is 0 Å². The van der Waals surface area contributed by atoms with Crippen molar-refractivity contribution in [2.24, 2.45) is 15.9 Å². The Morgan fingerprint density at radius 3 is 2.84 bits per heavy atom. The van der Waals surface area contributed by atoms with Gasteiger partial charge >= 0.3 is 0 Å². The number of aryl methyl sites for hydroxylation is 1. The van der Waals surface area contributed by atoms with E-state index < -0.39 is 0 Å². The molecule has 0 unspecified atom stereocenters. The van der Waals surface area contributed by atoms with Crippen molar-refractivity contribution in [1.82, 2.24) is 9.73 Å². The van der Waals surface area contributed by atoms with Crippen molar-refractivity contribution in [1.29, 1.82) is 0 Å². The highest BCUT2D eigenvalue weighted by molar-refractivity contribution is 7.97. The average Bonchev–Trinajstić information content (AvgIpc) is 3.14. The molecule has 1 aliphatic rings. The summed E-state index contributed by atoms with van der Waals surface area (Å²) in [5, 5.41) is 13.5. The van der Waals surface area contributed by atoms with E-state index in [2.05, 4.69) is 46.7 Å². The summed E-state index contributed by atoms with van der Waals surface area (Å²) in [6, 6.07) is 18.3. The van der Waals surface area contributed by atoms with Crippen LogP contribution < -0.4 is 16.1 Å². The van der Waals surface area contributed by atoms with Gasteiger partial charge < -0.3 is 5.73 Å². The molecule has 0 atom stereocenters. The molecule has 0 aromatic heterocycles. The summed E-state index contributed by atoms with van der Waals surface area (Å²) in [6.45, 7) is 2.75. The van der Waals surface area contributed by atoms with Crippen LogP contribution in [0.1, 0.15) is 11.1 Å². The molecule has 130 valence electrons. The lowest BCUT2D eigenvalue weighted by molar-refractivity contribution is 0.488. The van der Waals surface area contributed by atoms with Crippen molar-refractivity contribution < 1.29 is 0 Å². The molecule has 3 N–H and O–H groups in total. The highest BCUT2D eigenvalue weighted by Gasteiger charge is 2.24. The van der Waals surface area contributed by atoms with E-state index in [4.69, 9.17) is 5.73 Å². The fourth-order valence-corrected chi connectivity index (χ4v) is 3.28. The Morgan fingerprint density at radius 2 is 2.12 bits per heavy atom. The molecule has 0 saturated carbocycles. The minimum atomic E-state index is 0.339. The second-order valence-electron chi connectivity index (χ2n) is 5.63. The van der Waals surface area contributed by atoms with Crippen LogP contribution in [0.15, 0.2) is 64.8 Å². The van der Waals surface area contributed by atoms with Gasteiger partial charge in [-0.15, -0.1) is 9.52 Å². The monoisotopic (exact) mass is 354 g/mol. The van der Waals surface area contributed by atoms with E-state index in [0.717, 1.165) is 18.0 Å². The first-order valence-electron chi connectivity index (χ1n) is 8.11. The molecule has 1 heterocycles. The Balaban J connectivity index is 1.75. The highest BCUT2D eigenvalue weighted by atomic mass is 32.2. The van der Waals surface area contributed by atoms with Crippen molar-refractivity contribution in [3.63, 3.8) is 0 Å². The summed E-state index contributed by atoms with van der Waals surface area (Å²) in [5.41, 5.74) is 9.56. The standard InChI is InChI=1S/C18H22N6S/c1-15-6-5-9-17(12-15)24(23-13-20-14-25-23)18(19)22-21-11-10-16-7-3-2-4-8-16/h2-9,11-12,20H,10,13-14H2,1H3,(H2,19,22)/b21-11+. The summed E-state index contributed by atoms with van der Waals surface area (Å²) in [4.78, 5) is 0. The van der Waals surface area contributed by atoms with Gasteiger partial charge in [0.15, 0.2) is 0 Å². The van der Waals surface area contributed by atoms with Crippen molar-refractivity contribution in [2.75, 3.05) is 17.6 Å². The maximum absolute atomic E-state index is 6.24. The number of nitrogens with one attached hydrogen (secondary N) is 1. The smallest absolute Gasteiger partial charge is 0.236 e. The molecule has 0 bridgehead atoms. The molecular weight excluding hydrogens is 332 g/mol. The van der Waals surface area contributed by atoms with Crippen molar-refractivity contribution >= 4 is 29.8 Å². The van der Waals surface area contributed by atoms with Gasteiger partial charge in [-0.1, -0.05) is 42.5 Å². The number of nitrogens with two attached hydrogens (primary N) is 1. The van der Waals surface area contributed by atoms with E-state index in [1.165, 1.54) is 11.1 Å². The number of rotatable bonds is 5. The molecule has 0 spiro atoms. The minimum absolute atomic E-state index is 0.339. The van der Waals surface area contributed by atoms with Crippen molar-refractivity contribution in [3.05, 3.63) is 65.7 Å². The molecule has 7 heteroatoms. The maximum Gasteiger partial charge on any atom is 0.236 e. The molecular formula is C18H22N6S. The Hall–Kier alpha value is -2.35. The van der Waals surface area contributed by atoms with Gasteiger partial charge in [0.2, 0.25) is 5.96 Å². The molecule has 1 aliphatic heterocycles. The molecule has 3 rings (SSSR count). The first kappa shape index (κ1) is 17.5. The summed E-state index contributed by atoms with van der Waals surface area (Å²) < 4.78 is 2.04. The molecule has 2 aromatic rings. The zero-order chi connectivity index (χ0) is 17.5. The van der Waals surface area contributed by atoms with Crippen LogP contribution in [0.5, 0.6) is 0 Å². The summed E-state index contributed by atoms with van der Waals surface area (Å²) in [6.07, 6.45) is 2.49. The van der Waals surface area contributed by atoms with Gasteiger partial charge in [-0.3, -0.25) is 5.32 Å². The quantitative estimate of drug-likeness (QED) is 0.374. The van der Waals surface area contributed by atoms with Crippen molar-refractivity contribution in [2.45, 2.75) is 13.3 Å². The van der Waals surface area contributed by atoms with Gasteiger partial charge in [-0.2, -0.15) is 5.10 Å². The molecule has 6 nitrogen and oxygen atoms in total. The molecule has 25 heavy (non-hydrogen) atoms. The van der Waals surface area contributed by atoms with E-state index >= 15 is 0 Å². The fraction of sp³-hybridized carbons (Fsp3) is 0.222. The fourth-order valence-electron chi connectivity index (χ4n) is 2.47. The zero-order valence-corrected chi connectivity index (χ0v) is 15.0. The largest absolute Gasteiger partial charge is 0.367 e. The molecule has 2 aromatic carbocycles. The number of anilines is 1. The lowest BCUT2D eigenvalue weighted by Crippen LogP contribution is -2.47. The van der Waals surface area contributed by atoms with Crippen LogP contribution in [0.25, 0.3) is 0 Å². The van der Waals surface area contributed by atoms with Crippen LogP contribution in [0.2, 0.25) is 0 Å². The van der Waals surface area contributed by atoms with Crippen LogP contribution >= 0.6 is 11.9 Å². The van der Waals surface area contributed by atoms with Gasteiger partial charge in [0.1, 0.15) is 0 Å². The number of benzene rings is 2. The Kier molecular flexibility index (Phi) is 6.05. The number of guanidine groups is 1. The van der Waals surface area contributed by atoms with Crippen LogP contribution in [0.3, 0.4) is 0 Å². The molecule has 1 saturated heterocycles. The third-order valence-corrected chi connectivity index (χ3v) is 4.58. The first-order chi connectivity index (χ1) is 12.2. The van der Waals surface area contributed by atoms with Gasteiger partial charge in [-0.05, 0) is 42.1 Å². The lowest BCUT2D eigenvalue weighted by Gasteiger charge is -2.30. The molecule has 1 fully saturated rings. The minimum Gasteiger partial charge on any atom is -0.367 e. The second-order valence-corrected chi connectivity index (χ2v) is 6.60. The zero-order valence-electron chi connectivity index (χ0n) is 14.2. The van der Waals surface area contributed by atoms with Crippen LogP contribution in [-0.4, -0.2) is 29.1 Å². The summed E-state index contributed by atoms with van der Waals surface area (Å²) in [5.74, 6) is 1.18.